The van der Waals surface area contributed by atoms with E-state index in [-0.39, 0.29) is 24.9 Å². The average Bonchev–Trinajstić information content (AvgIpc) is 2.52. The first-order valence-electron chi connectivity index (χ1n) is 7.46. The minimum absolute atomic E-state index is 0.0382. The number of carbonyl (C=O) groups is 2. The van der Waals surface area contributed by atoms with Gasteiger partial charge in [0.05, 0.1) is 13.2 Å². The largest absolute Gasteiger partial charge is 0.464 e. The van der Waals surface area contributed by atoms with E-state index in [1.54, 1.807) is 0 Å². The van der Waals surface area contributed by atoms with Crippen LogP contribution in [0.2, 0.25) is 0 Å². The maximum absolute atomic E-state index is 11.8. The molecule has 0 aliphatic heterocycles. The molecule has 0 radical (unpaired) electrons. The van der Waals surface area contributed by atoms with Crippen LogP contribution >= 0.6 is 12.6 Å². The molecule has 0 heterocycles. The van der Waals surface area contributed by atoms with Crippen molar-refractivity contribution in [2.75, 3.05) is 19.0 Å². The summed E-state index contributed by atoms with van der Waals surface area (Å²) in [6.45, 7) is 1.99. The van der Waals surface area contributed by atoms with Crippen LogP contribution in [0.4, 0.5) is 0 Å². The Hall–Kier alpha value is -1.77. The molecule has 23 heavy (non-hydrogen) atoms. The van der Waals surface area contributed by atoms with Crippen LogP contribution in [0.1, 0.15) is 39.0 Å². The van der Waals surface area contributed by atoms with Gasteiger partial charge in [0.25, 0.3) is 5.09 Å². The van der Waals surface area contributed by atoms with E-state index < -0.39 is 17.1 Å². The molecular formula is C14H24N2O6S. The van der Waals surface area contributed by atoms with Crippen LogP contribution < -0.4 is 5.32 Å². The summed E-state index contributed by atoms with van der Waals surface area (Å²) in [6, 6.07) is -0.789. The maximum Gasteiger partial charge on any atom is 0.329 e. The van der Waals surface area contributed by atoms with Gasteiger partial charge in [0.2, 0.25) is 5.91 Å². The number of hydrogen-bond donors (Lipinski definition) is 2. The summed E-state index contributed by atoms with van der Waals surface area (Å²) in [5.74, 6) is -0.633. The first kappa shape index (κ1) is 21.2. The van der Waals surface area contributed by atoms with Crippen LogP contribution in [0.25, 0.3) is 0 Å². The van der Waals surface area contributed by atoms with Gasteiger partial charge < -0.3 is 14.9 Å². The molecule has 0 aliphatic carbocycles. The summed E-state index contributed by atoms with van der Waals surface area (Å²) in [6.07, 6.45) is 6.59. The molecular weight excluding hydrogens is 324 g/mol. The molecule has 0 aromatic carbocycles. The van der Waals surface area contributed by atoms with Gasteiger partial charge in [-0.25, -0.2) is 4.79 Å². The summed E-state index contributed by atoms with van der Waals surface area (Å²) >= 11 is 4.03. The summed E-state index contributed by atoms with van der Waals surface area (Å²) < 4.78 is 5.01. The predicted octanol–water partition coefficient (Wildman–Crippen LogP) is 1.68. The van der Waals surface area contributed by atoms with Crippen molar-refractivity contribution in [3.8, 4) is 0 Å². The van der Waals surface area contributed by atoms with Crippen LogP contribution in [0, 0.1) is 10.1 Å². The molecule has 0 aliphatic rings. The van der Waals surface area contributed by atoms with Crippen molar-refractivity contribution < 1.29 is 24.3 Å². The SMILES string of the molecule is C/C=C\CCCC(=O)NC(CS)C(=O)OCCCCO[N+](=O)[O-]. The second kappa shape index (κ2) is 13.9. The quantitative estimate of drug-likeness (QED) is 0.131. The minimum atomic E-state index is -0.866. The van der Waals surface area contributed by atoms with Gasteiger partial charge in [-0.15, -0.1) is 10.1 Å². The number of unbranched alkanes of at least 4 members (excludes halogenated alkanes) is 2. The molecule has 1 unspecified atom stereocenters. The third-order valence-electron chi connectivity index (χ3n) is 2.79. The highest BCUT2D eigenvalue weighted by Gasteiger charge is 2.20. The number of nitrogens with one attached hydrogen (secondary N) is 1. The second-order valence-corrected chi connectivity index (χ2v) is 5.06. The number of amides is 1. The fourth-order valence-electron chi connectivity index (χ4n) is 1.61. The Balaban J connectivity index is 3.88. The van der Waals surface area contributed by atoms with Crippen molar-refractivity contribution in [2.24, 2.45) is 0 Å². The normalized spacial score (nSPS) is 11.9. The Bertz CT molecular complexity index is 403. The lowest BCUT2D eigenvalue weighted by atomic mass is 10.2. The molecule has 0 aromatic rings. The van der Waals surface area contributed by atoms with Gasteiger partial charge in [-0.3, -0.25) is 4.79 Å². The molecule has 9 heteroatoms. The van der Waals surface area contributed by atoms with Crippen LogP contribution in [-0.2, 0) is 19.2 Å². The van der Waals surface area contributed by atoms with Gasteiger partial charge in [-0.05, 0) is 32.6 Å². The van der Waals surface area contributed by atoms with Gasteiger partial charge in [0.15, 0.2) is 0 Å². The van der Waals surface area contributed by atoms with E-state index in [4.69, 9.17) is 4.74 Å². The molecule has 1 N–H and O–H groups in total. The Morgan fingerprint density at radius 1 is 1.30 bits per heavy atom. The number of carbonyl (C=O) groups excluding carboxylic acids is 2. The van der Waals surface area contributed by atoms with Gasteiger partial charge in [0, 0.05) is 12.2 Å². The van der Waals surface area contributed by atoms with E-state index in [1.165, 1.54) is 0 Å². The molecule has 8 nitrogen and oxygen atoms in total. The summed E-state index contributed by atoms with van der Waals surface area (Å²) in [4.78, 5) is 37.6. The van der Waals surface area contributed by atoms with Crippen molar-refractivity contribution in [3.05, 3.63) is 22.3 Å². The third-order valence-corrected chi connectivity index (χ3v) is 3.16. The number of thiol groups is 1. The molecule has 0 fully saturated rings. The highest BCUT2D eigenvalue weighted by Crippen LogP contribution is 2.00. The van der Waals surface area contributed by atoms with Crippen LogP contribution in [0.3, 0.4) is 0 Å². The predicted molar refractivity (Wildman–Crippen MR) is 87.6 cm³/mol. The molecule has 0 spiro atoms. The molecule has 1 amide bonds. The van der Waals surface area contributed by atoms with Crippen LogP contribution in [0.5, 0.6) is 0 Å². The Morgan fingerprint density at radius 2 is 2.00 bits per heavy atom. The Morgan fingerprint density at radius 3 is 2.61 bits per heavy atom. The number of allylic oxidation sites excluding steroid dienone is 2. The zero-order chi connectivity index (χ0) is 17.5. The highest BCUT2D eigenvalue weighted by molar-refractivity contribution is 7.80. The standard InChI is InChI=1S/C14H24N2O6S/c1-2-3-4-5-8-13(17)15-12(11-23)14(18)21-9-6-7-10-22-16(19)20/h2-3,12,23H,4-11H2,1H3,(H,15,17)/b3-2-. The van der Waals surface area contributed by atoms with Gasteiger partial charge in [0.1, 0.15) is 6.04 Å². The molecule has 0 aromatic heterocycles. The van der Waals surface area contributed by atoms with Crippen molar-refractivity contribution in [1.29, 1.82) is 0 Å². The number of ether oxygens (including phenoxy) is 1. The molecule has 0 saturated carbocycles. The average molecular weight is 348 g/mol. The van der Waals surface area contributed by atoms with Gasteiger partial charge in [-0.1, -0.05) is 12.2 Å². The van der Waals surface area contributed by atoms with E-state index in [0.717, 1.165) is 6.42 Å². The van der Waals surface area contributed by atoms with Crippen molar-refractivity contribution in [2.45, 2.75) is 45.1 Å². The lowest BCUT2D eigenvalue weighted by Gasteiger charge is -2.15. The van der Waals surface area contributed by atoms with Gasteiger partial charge in [-0.2, -0.15) is 12.6 Å². The Labute approximate surface area is 141 Å². The molecule has 0 rings (SSSR count). The van der Waals surface area contributed by atoms with Crippen molar-refractivity contribution in [3.63, 3.8) is 0 Å². The molecule has 0 bridgehead atoms. The fourth-order valence-corrected chi connectivity index (χ4v) is 1.85. The minimum Gasteiger partial charge on any atom is -0.464 e. The second-order valence-electron chi connectivity index (χ2n) is 4.70. The smallest absolute Gasteiger partial charge is 0.329 e. The van der Waals surface area contributed by atoms with E-state index in [0.29, 0.717) is 25.7 Å². The first-order valence-corrected chi connectivity index (χ1v) is 8.09. The van der Waals surface area contributed by atoms with Crippen molar-refractivity contribution >= 4 is 24.5 Å². The Kier molecular flexibility index (Phi) is 12.8. The highest BCUT2D eigenvalue weighted by atomic mass is 32.1. The molecule has 0 saturated heterocycles. The monoisotopic (exact) mass is 348 g/mol. The topological polar surface area (TPSA) is 108 Å². The lowest BCUT2D eigenvalue weighted by molar-refractivity contribution is -0.757. The lowest BCUT2D eigenvalue weighted by Crippen LogP contribution is -2.43. The molecule has 1 atom stereocenters. The first-order chi connectivity index (χ1) is 11.0. The van der Waals surface area contributed by atoms with E-state index >= 15 is 0 Å². The molecule has 132 valence electrons. The van der Waals surface area contributed by atoms with E-state index in [2.05, 4.69) is 22.8 Å². The number of nitrogens with zero attached hydrogens (tertiary/aromatic N) is 1. The van der Waals surface area contributed by atoms with Crippen molar-refractivity contribution in [1.82, 2.24) is 5.32 Å². The van der Waals surface area contributed by atoms with Gasteiger partial charge >= 0.3 is 5.97 Å². The van der Waals surface area contributed by atoms with E-state index in [1.807, 2.05) is 19.1 Å². The number of esters is 1. The fraction of sp³-hybridized carbons (Fsp3) is 0.714. The summed E-state index contributed by atoms with van der Waals surface area (Å²) in [5, 5.41) is 11.6. The van der Waals surface area contributed by atoms with Crippen LogP contribution in [0.15, 0.2) is 12.2 Å². The van der Waals surface area contributed by atoms with E-state index in [9.17, 15) is 19.7 Å². The summed E-state index contributed by atoms with van der Waals surface area (Å²) in [5.41, 5.74) is 0. The zero-order valence-electron chi connectivity index (χ0n) is 13.2. The number of rotatable bonds is 13. The number of hydrogen-bond acceptors (Lipinski definition) is 7. The maximum atomic E-state index is 11.8. The van der Waals surface area contributed by atoms with Crippen LogP contribution in [-0.4, -0.2) is 42.0 Å². The zero-order valence-corrected chi connectivity index (χ0v) is 14.1. The summed E-state index contributed by atoms with van der Waals surface area (Å²) in [7, 11) is 0. The third kappa shape index (κ3) is 12.5.